The van der Waals surface area contributed by atoms with Gasteiger partial charge in [-0.3, -0.25) is 4.79 Å². The van der Waals surface area contributed by atoms with E-state index < -0.39 is 5.41 Å². The minimum absolute atomic E-state index is 0.0506. The molecule has 1 amide bonds. The van der Waals surface area contributed by atoms with Crippen LogP contribution in [0.3, 0.4) is 0 Å². The van der Waals surface area contributed by atoms with Crippen molar-refractivity contribution in [1.29, 1.82) is 0 Å². The molecule has 0 fully saturated rings. The van der Waals surface area contributed by atoms with Crippen molar-refractivity contribution in [2.24, 2.45) is 5.41 Å². The van der Waals surface area contributed by atoms with E-state index in [-0.39, 0.29) is 5.91 Å². The normalized spacial score (nSPS) is 11.3. The van der Waals surface area contributed by atoms with Crippen LogP contribution in [0.25, 0.3) is 0 Å². The Balaban J connectivity index is 1.90. The Kier molecular flexibility index (Phi) is 5.13. The Morgan fingerprint density at radius 2 is 1.86 bits per heavy atom. The monoisotopic (exact) mass is 319 g/mol. The average Bonchev–Trinajstić information content (AvgIpc) is 2.92. The lowest BCUT2D eigenvalue weighted by Crippen LogP contribution is -2.27. The van der Waals surface area contributed by atoms with Crippen molar-refractivity contribution in [1.82, 2.24) is 10.2 Å². The zero-order valence-corrected chi connectivity index (χ0v) is 14.2. The van der Waals surface area contributed by atoms with E-state index in [4.69, 9.17) is 4.74 Å². The van der Waals surface area contributed by atoms with Crippen LogP contribution < -0.4 is 10.1 Å². The summed E-state index contributed by atoms with van der Waals surface area (Å²) in [6, 6.07) is 7.99. The SMILES string of the molecule is COc1ccc(CCc2nnc(NC(=O)C(C)(C)C)s2)cc1. The van der Waals surface area contributed by atoms with Gasteiger partial charge in [-0.25, -0.2) is 0 Å². The molecule has 0 aliphatic rings. The summed E-state index contributed by atoms with van der Waals surface area (Å²) in [5.41, 5.74) is 0.783. The van der Waals surface area contributed by atoms with Crippen LogP contribution in [0.15, 0.2) is 24.3 Å². The fourth-order valence-electron chi connectivity index (χ4n) is 1.73. The molecule has 1 heterocycles. The van der Waals surface area contributed by atoms with E-state index in [2.05, 4.69) is 15.5 Å². The lowest BCUT2D eigenvalue weighted by molar-refractivity contribution is -0.123. The summed E-state index contributed by atoms with van der Waals surface area (Å²) in [7, 11) is 1.66. The largest absolute Gasteiger partial charge is 0.497 e. The van der Waals surface area contributed by atoms with Crippen LogP contribution in [0.4, 0.5) is 5.13 Å². The number of anilines is 1. The van der Waals surface area contributed by atoms with Crippen LogP contribution >= 0.6 is 11.3 Å². The maximum Gasteiger partial charge on any atom is 0.231 e. The standard InChI is InChI=1S/C16H21N3O2S/c1-16(2,3)14(20)17-15-19-18-13(22-15)10-7-11-5-8-12(21-4)9-6-11/h5-6,8-9H,7,10H2,1-4H3,(H,17,19,20). The molecule has 1 aromatic carbocycles. The third-order valence-corrected chi connectivity index (χ3v) is 4.05. The molecule has 0 atom stereocenters. The second-order valence-electron chi connectivity index (χ2n) is 6.05. The van der Waals surface area contributed by atoms with Gasteiger partial charge >= 0.3 is 0 Å². The predicted octanol–water partition coefficient (Wildman–Crippen LogP) is 3.32. The molecule has 5 nitrogen and oxygen atoms in total. The number of aromatic nitrogens is 2. The van der Waals surface area contributed by atoms with Gasteiger partial charge in [0.1, 0.15) is 10.8 Å². The molecule has 2 aromatic rings. The van der Waals surface area contributed by atoms with Gasteiger partial charge in [-0.1, -0.05) is 44.2 Å². The topological polar surface area (TPSA) is 64.1 Å². The molecule has 0 bridgehead atoms. The van der Waals surface area contributed by atoms with E-state index in [9.17, 15) is 4.79 Å². The number of aryl methyl sites for hydroxylation is 2. The third-order valence-electron chi connectivity index (χ3n) is 3.16. The van der Waals surface area contributed by atoms with Gasteiger partial charge in [0.15, 0.2) is 0 Å². The summed E-state index contributed by atoms with van der Waals surface area (Å²) in [4.78, 5) is 11.9. The van der Waals surface area contributed by atoms with E-state index in [1.165, 1.54) is 16.9 Å². The van der Waals surface area contributed by atoms with Gasteiger partial charge in [0.25, 0.3) is 0 Å². The van der Waals surface area contributed by atoms with E-state index >= 15 is 0 Å². The molecular weight excluding hydrogens is 298 g/mol. The quantitative estimate of drug-likeness (QED) is 0.918. The van der Waals surface area contributed by atoms with Crippen LogP contribution in [0.5, 0.6) is 5.75 Å². The molecule has 0 aliphatic carbocycles. The van der Waals surface area contributed by atoms with Gasteiger partial charge in [0.2, 0.25) is 11.0 Å². The molecule has 1 aromatic heterocycles. The summed E-state index contributed by atoms with van der Waals surface area (Å²) in [5, 5.41) is 12.4. The maximum atomic E-state index is 11.9. The zero-order chi connectivity index (χ0) is 16.2. The zero-order valence-electron chi connectivity index (χ0n) is 13.3. The average molecular weight is 319 g/mol. The van der Waals surface area contributed by atoms with Crippen molar-refractivity contribution in [3.63, 3.8) is 0 Å². The lowest BCUT2D eigenvalue weighted by atomic mass is 9.96. The first-order valence-electron chi connectivity index (χ1n) is 7.15. The Morgan fingerprint density at radius 3 is 2.45 bits per heavy atom. The highest BCUT2D eigenvalue weighted by Gasteiger charge is 2.22. The van der Waals surface area contributed by atoms with Gasteiger partial charge in [-0.05, 0) is 24.1 Å². The number of nitrogens with zero attached hydrogens (tertiary/aromatic N) is 2. The van der Waals surface area contributed by atoms with Gasteiger partial charge in [0.05, 0.1) is 7.11 Å². The molecule has 0 spiro atoms. The van der Waals surface area contributed by atoms with Crippen LogP contribution in [0.2, 0.25) is 0 Å². The second kappa shape index (κ2) is 6.87. The van der Waals surface area contributed by atoms with Crippen molar-refractivity contribution in [2.75, 3.05) is 12.4 Å². The van der Waals surface area contributed by atoms with Crippen LogP contribution in [0, 0.1) is 5.41 Å². The number of carbonyl (C=O) groups excluding carboxylic acids is 1. The Labute approximate surface area is 134 Å². The summed E-state index contributed by atoms with van der Waals surface area (Å²) >= 11 is 1.43. The third kappa shape index (κ3) is 4.53. The number of hydrogen-bond donors (Lipinski definition) is 1. The van der Waals surface area contributed by atoms with Crippen molar-refractivity contribution in [2.45, 2.75) is 33.6 Å². The number of benzene rings is 1. The van der Waals surface area contributed by atoms with Crippen LogP contribution in [-0.2, 0) is 17.6 Å². The van der Waals surface area contributed by atoms with Crippen molar-refractivity contribution >= 4 is 22.4 Å². The van der Waals surface area contributed by atoms with E-state index in [0.29, 0.717) is 5.13 Å². The van der Waals surface area contributed by atoms with Crippen LogP contribution in [-0.4, -0.2) is 23.2 Å². The highest BCUT2D eigenvalue weighted by atomic mass is 32.1. The predicted molar refractivity (Wildman–Crippen MR) is 88.4 cm³/mol. The number of hydrogen-bond acceptors (Lipinski definition) is 5. The van der Waals surface area contributed by atoms with Crippen molar-refractivity contribution in [3.05, 3.63) is 34.8 Å². The van der Waals surface area contributed by atoms with Gasteiger partial charge in [0, 0.05) is 11.8 Å². The molecule has 1 N–H and O–H groups in total. The smallest absolute Gasteiger partial charge is 0.231 e. The molecule has 2 rings (SSSR count). The van der Waals surface area contributed by atoms with E-state index in [0.717, 1.165) is 23.6 Å². The fraction of sp³-hybridized carbons (Fsp3) is 0.438. The van der Waals surface area contributed by atoms with E-state index in [1.54, 1.807) is 7.11 Å². The minimum atomic E-state index is -0.436. The first-order valence-corrected chi connectivity index (χ1v) is 7.97. The molecule has 0 saturated heterocycles. The number of rotatable bonds is 5. The number of methoxy groups -OCH3 is 1. The Morgan fingerprint density at radius 1 is 1.18 bits per heavy atom. The summed E-state index contributed by atoms with van der Waals surface area (Å²) < 4.78 is 5.14. The van der Waals surface area contributed by atoms with Crippen molar-refractivity contribution in [3.8, 4) is 5.75 Å². The molecule has 0 saturated carbocycles. The number of carbonyl (C=O) groups is 1. The number of nitrogens with one attached hydrogen (secondary N) is 1. The van der Waals surface area contributed by atoms with Crippen LogP contribution in [0.1, 0.15) is 31.3 Å². The summed E-state index contributed by atoms with van der Waals surface area (Å²) in [6.07, 6.45) is 1.68. The number of ether oxygens (including phenoxy) is 1. The maximum absolute atomic E-state index is 11.9. The van der Waals surface area contributed by atoms with Crippen molar-refractivity contribution < 1.29 is 9.53 Å². The fourth-order valence-corrected chi connectivity index (χ4v) is 2.47. The van der Waals surface area contributed by atoms with Gasteiger partial charge in [-0.15, -0.1) is 10.2 Å². The molecule has 22 heavy (non-hydrogen) atoms. The van der Waals surface area contributed by atoms with Gasteiger partial charge in [-0.2, -0.15) is 0 Å². The first kappa shape index (κ1) is 16.4. The first-order chi connectivity index (χ1) is 10.4. The highest BCUT2D eigenvalue weighted by Crippen LogP contribution is 2.21. The summed E-state index contributed by atoms with van der Waals surface area (Å²) in [5.74, 6) is 0.803. The number of amides is 1. The Bertz CT molecular complexity index is 630. The molecule has 118 valence electrons. The van der Waals surface area contributed by atoms with Gasteiger partial charge < -0.3 is 10.1 Å². The molecule has 0 radical (unpaired) electrons. The second-order valence-corrected chi connectivity index (χ2v) is 7.12. The lowest BCUT2D eigenvalue weighted by Gasteiger charge is -2.15. The highest BCUT2D eigenvalue weighted by molar-refractivity contribution is 7.15. The van der Waals surface area contributed by atoms with E-state index in [1.807, 2.05) is 45.0 Å². The molecular formula is C16H21N3O2S. The minimum Gasteiger partial charge on any atom is -0.497 e. The summed E-state index contributed by atoms with van der Waals surface area (Å²) in [6.45, 7) is 5.61. The molecule has 6 heteroatoms. The molecule has 0 unspecified atom stereocenters. The Hall–Kier alpha value is -1.95. The molecule has 0 aliphatic heterocycles.